The predicted octanol–water partition coefficient (Wildman–Crippen LogP) is 2.12. The smallest absolute Gasteiger partial charge is 0.271 e. The van der Waals surface area contributed by atoms with E-state index in [-0.39, 0.29) is 5.91 Å². The minimum Gasteiger partial charge on any atom is -0.346 e. The lowest BCUT2D eigenvalue weighted by Crippen LogP contribution is -2.57. The zero-order valence-electron chi connectivity index (χ0n) is 11.2. The standard InChI is InChI=1S/C15H17N3OS/c19-15(14-11-3-1-2-4-13(11)20-17-14)16-12-9-18-7-5-10(12)6-8-18/h1-4,10,12H,5-9H2,(H,16,19)/t12-/m0/s1. The maximum absolute atomic E-state index is 12.5. The van der Waals surface area contributed by atoms with Crippen LogP contribution in [0.5, 0.6) is 0 Å². The summed E-state index contributed by atoms with van der Waals surface area (Å²) in [4.78, 5) is 14.9. The maximum Gasteiger partial charge on any atom is 0.271 e. The van der Waals surface area contributed by atoms with Crippen LogP contribution in [0.4, 0.5) is 0 Å². The summed E-state index contributed by atoms with van der Waals surface area (Å²) in [6, 6.07) is 8.23. The van der Waals surface area contributed by atoms with Crippen molar-refractivity contribution in [1.82, 2.24) is 14.6 Å². The molecule has 1 aromatic carbocycles. The Balaban J connectivity index is 1.56. The number of nitrogens with zero attached hydrogens (tertiary/aromatic N) is 2. The molecular weight excluding hydrogens is 270 g/mol. The molecule has 3 fully saturated rings. The van der Waals surface area contributed by atoms with E-state index < -0.39 is 0 Å². The molecule has 20 heavy (non-hydrogen) atoms. The molecule has 1 aromatic heterocycles. The van der Waals surface area contributed by atoms with Crippen LogP contribution in [-0.2, 0) is 0 Å². The summed E-state index contributed by atoms with van der Waals surface area (Å²) in [5.74, 6) is 0.634. The fourth-order valence-electron chi connectivity index (χ4n) is 3.41. The second-order valence-corrected chi connectivity index (χ2v) is 6.55. The molecule has 1 amide bonds. The quantitative estimate of drug-likeness (QED) is 0.920. The van der Waals surface area contributed by atoms with Crippen LogP contribution in [-0.4, -0.2) is 40.9 Å². The molecule has 1 N–H and O–H groups in total. The zero-order valence-corrected chi connectivity index (χ0v) is 12.0. The van der Waals surface area contributed by atoms with E-state index in [9.17, 15) is 4.79 Å². The summed E-state index contributed by atoms with van der Waals surface area (Å²) in [6.45, 7) is 3.38. The molecule has 3 saturated heterocycles. The van der Waals surface area contributed by atoms with Gasteiger partial charge in [0, 0.05) is 18.0 Å². The molecule has 2 bridgehead atoms. The highest BCUT2D eigenvalue weighted by molar-refractivity contribution is 7.13. The van der Waals surface area contributed by atoms with Crippen molar-refractivity contribution < 1.29 is 4.79 Å². The molecule has 5 heteroatoms. The van der Waals surface area contributed by atoms with E-state index >= 15 is 0 Å². The van der Waals surface area contributed by atoms with Gasteiger partial charge >= 0.3 is 0 Å². The van der Waals surface area contributed by atoms with Crippen molar-refractivity contribution in [3.05, 3.63) is 30.0 Å². The van der Waals surface area contributed by atoms with Gasteiger partial charge in [-0.1, -0.05) is 18.2 Å². The molecule has 104 valence electrons. The molecule has 1 atom stereocenters. The summed E-state index contributed by atoms with van der Waals surface area (Å²) < 4.78 is 5.41. The van der Waals surface area contributed by atoms with Crippen LogP contribution in [0.2, 0.25) is 0 Å². The number of carbonyl (C=O) groups is 1. The van der Waals surface area contributed by atoms with Gasteiger partial charge in [-0.3, -0.25) is 4.79 Å². The van der Waals surface area contributed by atoms with Gasteiger partial charge in [0.1, 0.15) is 5.69 Å². The van der Waals surface area contributed by atoms with Crippen molar-refractivity contribution in [3.63, 3.8) is 0 Å². The van der Waals surface area contributed by atoms with Gasteiger partial charge < -0.3 is 10.2 Å². The highest BCUT2D eigenvalue weighted by Gasteiger charge is 2.35. The van der Waals surface area contributed by atoms with Crippen LogP contribution in [0.1, 0.15) is 23.3 Å². The molecule has 0 unspecified atom stereocenters. The lowest BCUT2D eigenvalue weighted by atomic mass is 9.84. The van der Waals surface area contributed by atoms with E-state index in [1.165, 1.54) is 37.5 Å². The number of aromatic nitrogens is 1. The number of nitrogens with one attached hydrogen (secondary N) is 1. The third kappa shape index (κ3) is 2.01. The molecule has 0 aliphatic carbocycles. The SMILES string of the molecule is O=C(N[C@H]1CN2CCC1CC2)c1nsc2ccccc12. The van der Waals surface area contributed by atoms with Crippen molar-refractivity contribution in [2.75, 3.05) is 19.6 Å². The number of piperidine rings is 3. The fraction of sp³-hybridized carbons (Fsp3) is 0.467. The number of amides is 1. The van der Waals surface area contributed by atoms with Gasteiger partial charge in [-0.05, 0) is 49.4 Å². The Labute approximate surface area is 121 Å². The van der Waals surface area contributed by atoms with E-state index in [2.05, 4.69) is 14.6 Å². The van der Waals surface area contributed by atoms with Gasteiger partial charge in [0.15, 0.2) is 0 Å². The lowest BCUT2D eigenvalue weighted by molar-refractivity contribution is 0.0619. The summed E-state index contributed by atoms with van der Waals surface area (Å²) in [5, 5.41) is 4.18. The Bertz CT molecular complexity index is 645. The van der Waals surface area contributed by atoms with E-state index in [1.807, 2.05) is 24.3 Å². The summed E-state index contributed by atoms with van der Waals surface area (Å²) in [5.41, 5.74) is 0.585. The van der Waals surface area contributed by atoms with Crippen molar-refractivity contribution >= 4 is 27.5 Å². The molecule has 0 spiro atoms. The monoisotopic (exact) mass is 287 g/mol. The number of fused-ring (bicyclic) bond motifs is 4. The Kier molecular flexibility index (Phi) is 2.97. The predicted molar refractivity (Wildman–Crippen MR) is 80.0 cm³/mol. The number of hydrogen-bond acceptors (Lipinski definition) is 4. The normalized spacial score (nSPS) is 28.7. The van der Waals surface area contributed by atoms with Crippen molar-refractivity contribution in [2.45, 2.75) is 18.9 Å². The molecule has 3 aliphatic heterocycles. The van der Waals surface area contributed by atoms with Crippen LogP contribution in [0.3, 0.4) is 0 Å². The minimum absolute atomic E-state index is 0.0128. The van der Waals surface area contributed by atoms with Crippen LogP contribution in [0, 0.1) is 5.92 Å². The van der Waals surface area contributed by atoms with E-state index in [4.69, 9.17) is 0 Å². The van der Waals surface area contributed by atoms with Crippen molar-refractivity contribution in [1.29, 1.82) is 0 Å². The highest BCUT2D eigenvalue weighted by Crippen LogP contribution is 2.28. The largest absolute Gasteiger partial charge is 0.346 e. The molecule has 2 aromatic rings. The molecule has 0 radical (unpaired) electrons. The van der Waals surface area contributed by atoms with Gasteiger partial charge in [0.05, 0.1) is 4.70 Å². The average molecular weight is 287 g/mol. The van der Waals surface area contributed by atoms with Crippen LogP contribution >= 0.6 is 11.5 Å². The van der Waals surface area contributed by atoms with E-state index in [0.29, 0.717) is 17.7 Å². The summed E-state index contributed by atoms with van der Waals surface area (Å²) in [6.07, 6.45) is 2.42. The molecule has 4 nitrogen and oxygen atoms in total. The lowest BCUT2D eigenvalue weighted by Gasteiger charge is -2.44. The molecule has 5 rings (SSSR count). The van der Waals surface area contributed by atoms with Crippen LogP contribution in [0.25, 0.3) is 10.1 Å². The Morgan fingerprint density at radius 1 is 1.30 bits per heavy atom. The second-order valence-electron chi connectivity index (χ2n) is 5.75. The van der Waals surface area contributed by atoms with Crippen molar-refractivity contribution in [2.24, 2.45) is 5.92 Å². The first-order chi connectivity index (χ1) is 9.81. The molecular formula is C15H17N3OS. The first-order valence-corrected chi connectivity index (χ1v) is 7.96. The average Bonchev–Trinajstić information content (AvgIpc) is 2.92. The van der Waals surface area contributed by atoms with E-state index in [0.717, 1.165) is 16.6 Å². The third-order valence-electron chi connectivity index (χ3n) is 4.57. The molecule has 4 heterocycles. The van der Waals surface area contributed by atoms with E-state index in [1.54, 1.807) is 0 Å². The summed E-state index contributed by atoms with van der Waals surface area (Å²) >= 11 is 1.40. The zero-order chi connectivity index (χ0) is 13.5. The van der Waals surface area contributed by atoms with Gasteiger partial charge in [-0.2, -0.15) is 4.37 Å². The Morgan fingerprint density at radius 3 is 2.85 bits per heavy atom. The first kappa shape index (κ1) is 12.3. The van der Waals surface area contributed by atoms with Crippen LogP contribution < -0.4 is 5.32 Å². The highest BCUT2D eigenvalue weighted by atomic mass is 32.1. The van der Waals surface area contributed by atoms with Gasteiger partial charge in [-0.25, -0.2) is 0 Å². The summed E-state index contributed by atoms with van der Waals surface area (Å²) in [7, 11) is 0. The van der Waals surface area contributed by atoms with Crippen LogP contribution in [0.15, 0.2) is 24.3 Å². The third-order valence-corrected chi connectivity index (χ3v) is 5.39. The molecule has 0 saturated carbocycles. The fourth-order valence-corrected chi connectivity index (χ4v) is 4.19. The number of rotatable bonds is 2. The second kappa shape index (κ2) is 4.82. The van der Waals surface area contributed by atoms with Crippen molar-refractivity contribution in [3.8, 4) is 0 Å². The molecule has 3 aliphatic rings. The first-order valence-electron chi connectivity index (χ1n) is 7.19. The number of benzene rings is 1. The number of hydrogen-bond donors (Lipinski definition) is 1. The maximum atomic E-state index is 12.5. The van der Waals surface area contributed by atoms with Gasteiger partial charge in [0.2, 0.25) is 0 Å². The number of carbonyl (C=O) groups excluding carboxylic acids is 1. The Morgan fingerprint density at radius 2 is 2.10 bits per heavy atom. The van der Waals surface area contributed by atoms with Gasteiger partial charge in [0.25, 0.3) is 5.91 Å². The topological polar surface area (TPSA) is 45.2 Å². The Hall–Kier alpha value is -1.46. The minimum atomic E-state index is -0.0128. The van der Waals surface area contributed by atoms with Gasteiger partial charge in [-0.15, -0.1) is 0 Å².